The number of nitrogens with two attached hydrogens (primary N) is 1. The second kappa shape index (κ2) is 5.95. The molecule has 0 unspecified atom stereocenters. The largest absolute Gasteiger partial charge is 0.491 e. The van der Waals surface area contributed by atoms with Crippen molar-refractivity contribution in [2.24, 2.45) is 5.73 Å². The van der Waals surface area contributed by atoms with E-state index in [0.29, 0.717) is 17.2 Å². The number of hydrogen-bond acceptors (Lipinski definition) is 4. The zero-order valence-corrected chi connectivity index (χ0v) is 12.9. The zero-order valence-electron chi connectivity index (χ0n) is 12.1. The number of rotatable bonds is 6. The first-order valence-corrected chi connectivity index (χ1v) is 7.58. The van der Waals surface area contributed by atoms with Crippen molar-refractivity contribution in [1.82, 2.24) is 9.88 Å². The van der Waals surface area contributed by atoms with E-state index < -0.39 is 0 Å². The summed E-state index contributed by atoms with van der Waals surface area (Å²) >= 11 is 5.11. The van der Waals surface area contributed by atoms with E-state index in [1.165, 1.54) is 12.8 Å². The maximum Gasteiger partial charge on any atom is 0.140 e. The van der Waals surface area contributed by atoms with Crippen LogP contribution in [0.25, 0.3) is 10.9 Å². The van der Waals surface area contributed by atoms with Crippen LogP contribution in [0.15, 0.2) is 30.5 Å². The number of likely N-dealkylation sites (N-methyl/N-ethyl adjacent to an activating group) is 1. The summed E-state index contributed by atoms with van der Waals surface area (Å²) in [6.07, 6.45) is 4.30. The van der Waals surface area contributed by atoms with Gasteiger partial charge in [-0.3, -0.25) is 4.98 Å². The van der Waals surface area contributed by atoms with Crippen LogP contribution in [0.3, 0.4) is 0 Å². The summed E-state index contributed by atoms with van der Waals surface area (Å²) in [4.78, 5) is 7.04. The smallest absolute Gasteiger partial charge is 0.140 e. The molecule has 1 aromatic heterocycles. The summed E-state index contributed by atoms with van der Waals surface area (Å²) in [5.41, 5.74) is 7.39. The van der Waals surface area contributed by atoms with Crippen LogP contribution in [0.5, 0.6) is 5.75 Å². The number of nitrogens with zero attached hydrogens (tertiary/aromatic N) is 2. The Morgan fingerprint density at radius 2 is 2.19 bits per heavy atom. The summed E-state index contributed by atoms with van der Waals surface area (Å²) in [6.45, 7) is 1.52. The zero-order chi connectivity index (χ0) is 14.8. The van der Waals surface area contributed by atoms with Crippen LogP contribution in [0, 0.1) is 0 Å². The van der Waals surface area contributed by atoms with Gasteiger partial charge in [-0.05, 0) is 32.0 Å². The Bertz CT molecular complexity index is 670. The fourth-order valence-electron chi connectivity index (χ4n) is 2.44. The molecule has 1 saturated carbocycles. The molecule has 1 aromatic carbocycles. The second-order valence-electron chi connectivity index (χ2n) is 5.44. The molecule has 2 aromatic rings. The van der Waals surface area contributed by atoms with Crippen LogP contribution in [-0.2, 0) is 0 Å². The molecule has 5 heteroatoms. The normalized spacial score (nSPS) is 14.6. The van der Waals surface area contributed by atoms with Crippen molar-refractivity contribution in [2.75, 3.05) is 20.2 Å². The highest BCUT2D eigenvalue weighted by molar-refractivity contribution is 7.80. The Hall–Kier alpha value is -1.72. The number of benzene rings is 1. The average molecular weight is 301 g/mol. The molecule has 0 bridgehead atoms. The molecule has 0 radical (unpaired) electrons. The van der Waals surface area contributed by atoms with E-state index in [-0.39, 0.29) is 0 Å². The number of para-hydroxylation sites is 1. The quantitative estimate of drug-likeness (QED) is 0.830. The third-order valence-corrected chi connectivity index (χ3v) is 4.07. The molecule has 3 rings (SSSR count). The first-order chi connectivity index (χ1) is 10.2. The van der Waals surface area contributed by atoms with Gasteiger partial charge in [-0.15, -0.1) is 0 Å². The highest BCUT2D eigenvalue weighted by Crippen LogP contribution is 2.29. The Morgan fingerprint density at radius 1 is 1.43 bits per heavy atom. The standard InChI is InChI=1S/C16H19N3OS/c1-19(11-6-7-11)8-9-20-15-12-4-2-3-5-14(12)18-10-13(15)16(17)21/h2-5,10-11H,6-9H2,1H3,(H2,17,21). The molecule has 0 atom stereocenters. The lowest BCUT2D eigenvalue weighted by Crippen LogP contribution is -2.26. The monoisotopic (exact) mass is 301 g/mol. The van der Waals surface area contributed by atoms with Crippen molar-refractivity contribution in [2.45, 2.75) is 18.9 Å². The Labute approximate surface area is 129 Å². The minimum Gasteiger partial charge on any atom is -0.491 e. The number of ether oxygens (including phenoxy) is 1. The van der Waals surface area contributed by atoms with Crippen LogP contribution in [0.2, 0.25) is 0 Å². The van der Waals surface area contributed by atoms with E-state index in [0.717, 1.165) is 29.2 Å². The lowest BCUT2D eigenvalue weighted by Gasteiger charge is -2.18. The number of hydrogen-bond donors (Lipinski definition) is 1. The van der Waals surface area contributed by atoms with Gasteiger partial charge in [0.15, 0.2) is 0 Å². The van der Waals surface area contributed by atoms with Crippen molar-refractivity contribution in [3.8, 4) is 5.75 Å². The predicted molar refractivity (Wildman–Crippen MR) is 88.8 cm³/mol. The van der Waals surface area contributed by atoms with E-state index in [1.54, 1.807) is 6.20 Å². The van der Waals surface area contributed by atoms with Gasteiger partial charge in [-0.1, -0.05) is 24.4 Å². The van der Waals surface area contributed by atoms with Crippen molar-refractivity contribution in [3.63, 3.8) is 0 Å². The van der Waals surface area contributed by atoms with Gasteiger partial charge in [0.05, 0.1) is 11.1 Å². The molecular weight excluding hydrogens is 282 g/mol. The van der Waals surface area contributed by atoms with Gasteiger partial charge in [0.2, 0.25) is 0 Å². The molecule has 110 valence electrons. The van der Waals surface area contributed by atoms with Crippen LogP contribution in [0.4, 0.5) is 0 Å². The first kappa shape index (κ1) is 14.2. The molecule has 0 amide bonds. The molecule has 1 aliphatic carbocycles. The van der Waals surface area contributed by atoms with Gasteiger partial charge in [0.25, 0.3) is 0 Å². The Morgan fingerprint density at radius 3 is 2.90 bits per heavy atom. The van der Waals surface area contributed by atoms with Crippen molar-refractivity contribution in [3.05, 3.63) is 36.0 Å². The van der Waals surface area contributed by atoms with E-state index in [4.69, 9.17) is 22.7 Å². The van der Waals surface area contributed by atoms with Crippen molar-refractivity contribution < 1.29 is 4.74 Å². The summed E-state index contributed by atoms with van der Waals surface area (Å²) in [6, 6.07) is 8.61. The van der Waals surface area contributed by atoms with Crippen LogP contribution < -0.4 is 10.5 Å². The summed E-state index contributed by atoms with van der Waals surface area (Å²) in [5.74, 6) is 0.747. The highest BCUT2D eigenvalue weighted by Gasteiger charge is 2.25. The lowest BCUT2D eigenvalue weighted by molar-refractivity contribution is 0.233. The summed E-state index contributed by atoms with van der Waals surface area (Å²) < 4.78 is 6.01. The topological polar surface area (TPSA) is 51.4 Å². The minimum atomic E-state index is 0.318. The van der Waals surface area contributed by atoms with Gasteiger partial charge in [-0.25, -0.2) is 0 Å². The van der Waals surface area contributed by atoms with E-state index >= 15 is 0 Å². The van der Waals surface area contributed by atoms with E-state index in [1.807, 2.05) is 24.3 Å². The second-order valence-corrected chi connectivity index (χ2v) is 5.88. The average Bonchev–Trinajstić information content (AvgIpc) is 3.31. The van der Waals surface area contributed by atoms with Crippen LogP contribution >= 0.6 is 12.2 Å². The fraction of sp³-hybridized carbons (Fsp3) is 0.375. The number of thiocarbonyl (C=S) groups is 1. The molecule has 1 aliphatic rings. The van der Waals surface area contributed by atoms with Gasteiger partial charge in [0, 0.05) is 24.2 Å². The lowest BCUT2D eigenvalue weighted by atomic mass is 10.1. The highest BCUT2D eigenvalue weighted by atomic mass is 32.1. The number of fused-ring (bicyclic) bond motifs is 1. The van der Waals surface area contributed by atoms with Gasteiger partial charge < -0.3 is 15.4 Å². The third kappa shape index (κ3) is 3.14. The molecule has 2 N–H and O–H groups in total. The molecule has 0 spiro atoms. The molecule has 0 aliphatic heterocycles. The molecule has 21 heavy (non-hydrogen) atoms. The Balaban J connectivity index is 1.83. The van der Waals surface area contributed by atoms with Crippen molar-refractivity contribution in [1.29, 1.82) is 0 Å². The predicted octanol–water partition coefficient (Wildman–Crippen LogP) is 2.34. The number of pyridine rings is 1. The number of aromatic nitrogens is 1. The fourth-order valence-corrected chi connectivity index (χ4v) is 2.58. The summed E-state index contributed by atoms with van der Waals surface area (Å²) in [5, 5.41) is 0.955. The maximum absolute atomic E-state index is 6.01. The molecular formula is C16H19N3OS. The van der Waals surface area contributed by atoms with E-state index in [2.05, 4.69) is 16.9 Å². The van der Waals surface area contributed by atoms with Gasteiger partial charge in [0.1, 0.15) is 17.3 Å². The minimum absolute atomic E-state index is 0.318. The molecule has 4 nitrogen and oxygen atoms in total. The SMILES string of the molecule is CN(CCOc1c(C(N)=S)cnc2ccccc12)C1CC1. The first-order valence-electron chi connectivity index (χ1n) is 7.17. The molecule has 1 fully saturated rings. The summed E-state index contributed by atoms with van der Waals surface area (Å²) in [7, 11) is 2.14. The third-order valence-electron chi connectivity index (χ3n) is 3.85. The maximum atomic E-state index is 6.01. The van der Waals surface area contributed by atoms with Crippen LogP contribution in [0.1, 0.15) is 18.4 Å². The van der Waals surface area contributed by atoms with Gasteiger partial charge in [-0.2, -0.15) is 0 Å². The molecule has 1 heterocycles. The van der Waals surface area contributed by atoms with Crippen molar-refractivity contribution >= 4 is 28.1 Å². The van der Waals surface area contributed by atoms with E-state index in [9.17, 15) is 0 Å². The Kier molecular flexibility index (Phi) is 4.03. The van der Waals surface area contributed by atoms with Crippen LogP contribution in [-0.4, -0.2) is 41.1 Å². The van der Waals surface area contributed by atoms with Gasteiger partial charge >= 0.3 is 0 Å². The molecule has 0 saturated heterocycles.